The maximum absolute atomic E-state index is 5.78. The average Bonchev–Trinajstić information content (AvgIpc) is 2.64. The molecule has 0 saturated carbocycles. The highest BCUT2D eigenvalue weighted by Crippen LogP contribution is 2.25. The Labute approximate surface area is 156 Å². The van der Waals surface area contributed by atoms with E-state index >= 15 is 0 Å². The third-order valence-electron chi connectivity index (χ3n) is 3.44. The molecule has 25 heavy (non-hydrogen) atoms. The Hall–Kier alpha value is -2.59. The zero-order valence-electron chi connectivity index (χ0n) is 13.9. The molecule has 0 N–H and O–H groups in total. The van der Waals surface area contributed by atoms with Crippen molar-refractivity contribution in [2.24, 2.45) is 4.99 Å². The molecule has 0 aromatic heterocycles. The van der Waals surface area contributed by atoms with Gasteiger partial charge in [-0.2, -0.15) is 0 Å². The third kappa shape index (κ3) is 4.94. The zero-order valence-corrected chi connectivity index (χ0v) is 15.4. The first kappa shape index (κ1) is 17.2. The highest BCUT2D eigenvalue weighted by atomic mass is 79.9. The number of halogens is 1. The molecule has 0 amide bonds. The minimum atomic E-state index is 0.619. The van der Waals surface area contributed by atoms with Gasteiger partial charge in [-0.25, -0.2) is 0 Å². The minimum Gasteiger partial charge on any atom is -0.493 e. The molecule has 0 bridgehead atoms. The number of ether oxygens (including phenoxy) is 2. The van der Waals surface area contributed by atoms with Gasteiger partial charge in [-0.05, 0) is 61.5 Å². The second kappa shape index (κ2) is 8.49. The van der Waals surface area contributed by atoms with Crippen LogP contribution in [0.3, 0.4) is 0 Å². The number of hydrogen-bond donors (Lipinski definition) is 0. The van der Waals surface area contributed by atoms with Gasteiger partial charge in [-0.15, -0.1) is 0 Å². The first-order chi connectivity index (χ1) is 12.2. The highest BCUT2D eigenvalue weighted by molar-refractivity contribution is 9.10. The summed E-state index contributed by atoms with van der Waals surface area (Å²) in [5.74, 6) is 2.41. The molecule has 0 atom stereocenters. The van der Waals surface area contributed by atoms with Crippen LogP contribution in [0.5, 0.6) is 17.2 Å². The monoisotopic (exact) mass is 395 g/mol. The number of hydrogen-bond acceptors (Lipinski definition) is 3. The molecule has 0 aliphatic heterocycles. The number of nitrogens with zero attached hydrogens (tertiary/aromatic N) is 1. The van der Waals surface area contributed by atoms with Crippen LogP contribution in [0.4, 0.5) is 5.69 Å². The van der Waals surface area contributed by atoms with E-state index in [-0.39, 0.29) is 0 Å². The second-order valence-corrected chi connectivity index (χ2v) is 6.20. The largest absolute Gasteiger partial charge is 0.493 e. The van der Waals surface area contributed by atoms with Gasteiger partial charge in [0.25, 0.3) is 0 Å². The van der Waals surface area contributed by atoms with Gasteiger partial charge in [0.15, 0.2) is 0 Å². The van der Waals surface area contributed by atoms with Crippen molar-refractivity contribution < 1.29 is 9.47 Å². The summed E-state index contributed by atoms with van der Waals surface area (Å²) in [6.07, 6.45) is 1.81. The van der Waals surface area contributed by atoms with Crippen molar-refractivity contribution in [2.45, 2.75) is 6.92 Å². The lowest BCUT2D eigenvalue weighted by atomic mass is 10.2. The number of benzene rings is 3. The summed E-state index contributed by atoms with van der Waals surface area (Å²) in [4.78, 5) is 4.53. The summed E-state index contributed by atoms with van der Waals surface area (Å²) >= 11 is 3.48. The molecule has 4 heteroatoms. The van der Waals surface area contributed by atoms with Crippen molar-refractivity contribution in [2.75, 3.05) is 6.61 Å². The van der Waals surface area contributed by atoms with Gasteiger partial charge in [-0.3, -0.25) is 4.99 Å². The van der Waals surface area contributed by atoms with Gasteiger partial charge < -0.3 is 9.47 Å². The van der Waals surface area contributed by atoms with Crippen LogP contribution in [0.15, 0.2) is 82.3 Å². The summed E-state index contributed by atoms with van der Waals surface area (Å²) < 4.78 is 12.4. The van der Waals surface area contributed by atoms with E-state index < -0.39 is 0 Å². The van der Waals surface area contributed by atoms with Crippen LogP contribution in [0.1, 0.15) is 12.5 Å². The van der Waals surface area contributed by atoms with E-state index in [9.17, 15) is 0 Å². The summed E-state index contributed by atoms with van der Waals surface area (Å²) in [5.41, 5.74) is 1.78. The van der Waals surface area contributed by atoms with E-state index in [0.29, 0.717) is 6.61 Å². The fraction of sp³-hybridized carbons (Fsp3) is 0.0952. The molecule has 3 rings (SSSR count). The summed E-state index contributed by atoms with van der Waals surface area (Å²) in [7, 11) is 0. The van der Waals surface area contributed by atoms with Crippen LogP contribution in [0, 0.1) is 0 Å². The van der Waals surface area contributed by atoms with Crippen LogP contribution in [-0.4, -0.2) is 12.8 Å². The molecule has 0 fully saturated rings. The Kier molecular flexibility index (Phi) is 5.86. The number of aliphatic imine (C=N–C) groups is 1. The van der Waals surface area contributed by atoms with E-state index in [1.54, 1.807) is 0 Å². The molecule has 0 unspecified atom stereocenters. The van der Waals surface area contributed by atoms with E-state index in [4.69, 9.17) is 9.47 Å². The minimum absolute atomic E-state index is 0.619. The molecule has 0 radical (unpaired) electrons. The van der Waals surface area contributed by atoms with Gasteiger partial charge in [0.1, 0.15) is 17.2 Å². The van der Waals surface area contributed by atoms with Gasteiger partial charge in [0.05, 0.1) is 12.3 Å². The Morgan fingerprint density at radius 2 is 1.64 bits per heavy atom. The molecule has 0 spiro atoms. The van der Waals surface area contributed by atoms with Gasteiger partial charge in [-0.1, -0.05) is 34.1 Å². The van der Waals surface area contributed by atoms with Crippen LogP contribution >= 0.6 is 15.9 Å². The zero-order chi connectivity index (χ0) is 17.5. The number of rotatable bonds is 6. The number of para-hydroxylation sites is 1. The van der Waals surface area contributed by atoms with E-state index in [1.165, 1.54) is 0 Å². The van der Waals surface area contributed by atoms with Crippen LogP contribution in [0.25, 0.3) is 0 Å². The molecule has 0 heterocycles. The van der Waals surface area contributed by atoms with Crippen LogP contribution in [-0.2, 0) is 0 Å². The quantitative estimate of drug-likeness (QED) is 0.452. The Morgan fingerprint density at radius 3 is 2.36 bits per heavy atom. The second-order valence-electron chi connectivity index (χ2n) is 5.28. The molecule has 3 aromatic carbocycles. The molecule has 0 saturated heterocycles. The third-order valence-corrected chi connectivity index (χ3v) is 3.93. The summed E-state index contributed by atoms with van der Waals surface area (Å²) in [5, 5.41) is 0. The van der Waals surface area contributed by atoms with Crippen molar-refractivity contribution in [3.63, 3.8) is 0 Å². The van der Waals surface area contributed by atoms with Crippen molar-refractivity contribution in [3.05, 3.63) is 82.8 Å². The fourth-order valence-electron chi connectivity index (χ4n) is 2.28. The molecular weight excluding hydrogens is 378 g/mol. The van der Waals surface area contributed by atoms with Crippen molar-refractivity contribution in [3.8, 4) is 17.2 Å². The standard InChI is InChI=1S/C21H18BrNO2/c1-2-24-21-13-8-17(22)14-16(21)15-23-18-9-11-20(12-10-18)25-19-6-4-3-5-7-19/h3-15H,2H2,1H3. The summed E-state index contributed by atoms with van der Waals surface area (Å²) in [6, 6.07) is 23.2. The smallest absolute Gasteiger partial charge is 0.128 e. The first-order valence-electron chi connectivity index (χ1n) is 8.04. The van der Waals surface area contributed by atoms with Crippen molar-refractivity contribution in [1.29, 1.82) is 0 Å². The van der Waals surface area contributed by atoms with Gasteiger partial charge in [0, 0.05) is 16.3 Å². The van der Waals surface area contributed by atoms with Crippen molar-refractivity contribution >= 4 is 27.8 Å². The molecule has 3 nitrogen and oxygen atoms in total. The fourth-order valence-corrected chi connectivity index (χ4v) is 2.65. The first-order valence-corrected chi connectivity index (χ1v) is 8.83. The summed E-state index contributed by atoms with van der Waals surface area (Å²) in [6.45, 7) is 2.59. The normalized spacial score (nSPS) is 10.8. The maximum atomic E-state index is 5.78. The van der Waals surface area contributed by atoms with Gasteiger partial charge in [0.2, 0.25) is 0 Å². The predicted molar refractivity (Wildman–Crippen MR) is 106 cm³/mol. The topological polar surface area (TPSA) is 30.8 Å². The SMILES string of the molecule is CCOc1ccc(Br)cc1C=Nc1ccc(Oc2ccccc2)cc1. The molecule has 0 aliphatic rings. The van der Waals surface area contributed by atoms with E-state index in [2.05, 4.69) is 20.9 Å². The van der Waals surface area contributed by atoms with E-state index in [0.717, 1.165) is 33.0 Å². The Morgan fingerprint density at radius 1 is 0.920 bits per heavy atom. The van der Waals surface area contributed by atoms with Crippen molar-refractivity contribution in [1.82, 2.24) is 0 Å². The highest BCUT2D eigenvalue weighted by Gasteiger charge is 2.02. The van der Waals surface area contributed by atoms with Crippen LogP contribution < -0.4 is 9.47 Å². The maximum Gasteiger partial charge on any atom is 0.128 e. The average molecular weight is 396 g/mol. The Balaban J connectivity index is 1.73. The lowest BCUT2D eigenvalue weighted by Crippen LogP contribution is -1.95. The molecule has 0 aliphatic carbocycles. The predicted octanol–water partition coefficient (Wildman–Crippen LogP) is 6.39. The molecule has 126 valence electrons. The van der Waals surface area contributed by atoms with Crippen LogP contribution in [0.2, 0.25) is 0 Å². The molecular formula is C21H18BrNO2. The molecule has 3 aromatic rings. The Bertz CT molecular complexity index is 846. The van der Waals surface area contributed by atoms with E-state index in [1.807, 2.05) is 85.9 Å². The lowest BCUT2D eigenvalue weighted by molar-refractivity contribution is 0.339. The lowest BCUT2D eigenvalue weighted by Gasteiger charge is -2.07. The van der Waals surface area contributed by atoms with Gasteiger partial charge >= 0.3 is 0 Å².